The number of rotatable bonds is 6. The summed E-state index contributed by atoms with van der Waals surface area (Å²) in [6.07, 6.45) is 5.65. The monoisotopic (exact) mass is 395 g/mol. The lowest BCUT2D eigenvalue weighted by Gasteiger charge is -2.33. The Bertz CT molecular complexity index is 619. The van der Waals surface area contributed by atoms with E-state index < -0.39 is 16.8 Å². The van der Waals surface area contributed by atoms with Crippen LogP contribution in [0.25, 0.3) is 0 Å². The van der Waals surface area contributed by atoms with Gasteiger partial charge in [-0.25, -0.2) is 4.79 Å². The summed E-state index contributed by atoms with van der Waals surface area (Å²) in [6, 6.07) is 5.73. The summed E-state index contributed by atoms with van der Waals surface area (Å²) in [7, 11) is 0. The number of nitrogens with zero attached hydrogens (tertiary/aromatic N) is 1. The molecule has 27 heavy (non-hydrogen) atoms. The maximum absolute atomic E-state index is 12.1. The second-order valence-corrected chi connectivity index (χ2v) is 9.63. The SMILES string of the molecule is Cc1cc(OCCCC2CCN(C(=O)OC(C)(C)C)CC2)ccc1[S+](C)[O-]. The number of carbonyl (C=O) groups excluding carboxylic acids is 1. The Kier molecular flexibility index (Phi) is 7.86. The van der Waals surface area contributed by atoms with Gasteiger partial charge in [0.05, 0.1) is 6.61 Å². The van der Waals surface area contributed by atoms with Crippen molar-refractivity contribution >= 4 is 17.3 Å². The van der Waals surface area contributed by atoms with E-state index >= 15 is 0 Å². The van der Waals surface area contributed by atoms with E-state index in [-0.39, 0.29) is 6.09 Å². The van der Waals surface area contributed by atoms with Crippen molar-refractivity contribution in [2.75, 3.05) is 26.0 Å². The summed E-state index contributed by atoms with van der Waals surface area (Å²) in [6.45, 7) is 9.88. The number of benzene rings is 1. The van der Waals surface area contributed by atoms with Gasteiger partial charge in [0.1, 0.15) is 17.6 Å². The minimum absolute atomic E-state index is 0.198. The normalized spacial score (nSPS) is 16.9. The number of ether oxygens (including phenoxy) is 2. The molecular formula is C21H33NO4S. The lowest BCUT2D eigenvalue weighted by molar-refractivity contribution is 0.0179. The number of piperidine rings is 1. The van der Waals surface area contributed by atoms with Crippen LogP contribution in [-0.4, -0.2) is 47.1 Å². The fourth-order valence-corrected chi connectivity index (χ4v) is 4.10. The molecule has 0 aromatic heterocycles. The molecule has 1 aromatic carbocycles. The Labute approximate surface area is 166 Å². The maximum atomic E-state index is 12.1. The van der Waals surface area contributed by atoms with Crippen molar-refractivity contribution in [1.29, 1.82) is 0 Å². The van der Waals surface area contributed by atoms with Crippen molar-refractivity contribution < 1.29 is 18.8 Å². The Balaban J connectivity index is 1.66. The molecule has 0 radical (unpaired) electrons. The highest BCUT2D eigenvalue weighted by Crippen LogP contribution is 2.24. The molecule has 1 unspecified atom stereocenters. The van der Waals surface area contributed by atoms with Crippen LogP contribution in [0.4, 0.5) is 4.79 Å². The van der Waals surface area contributed by atoms with Gasteiger partial charge in [-0.3, -0.25) is 0 Å². The summed E-state index contributed by atoms with van der Waals surface area (Å²) < 4.78 is 22.9. The number of amides is 1. The highest BCUT2D eigenvalue weighted by molar-refractivity contribution is 7.90. The van der Waals surface area contributed by atoms with Crippen molar-refractivity contribution in [1.82, 2.24) is 4.90 Å². The molecule has 2 rings (SSSR count). The molecule has 1 aliphatic rings. The van der Waals surface area contributed by atoms with Crippen LogP contribution >= 0.6 is 0 Å². The molecule has 1 fully saturated rings. The van der Waals surface area contributed by atoms with E-state index in [4.69, 9.17) is 9.47 Å². The molecule has 1 aliphatic heterocycles. The number of carbonyl (C=O) groups is 1. The average molecular weight is 396 g/mol. The van der Waals surface area contributed by atoms with Crippen LogP contribution in [-0.2, 0) is 15.9 Å². The zero-order valence-electron chi connectivity index (χ0n) is 17.2. The van der Waals surface area contributed by atoms with Crippen LogP contribution in [0.1, 0.15) is 52.0 Å². The maximum Gasteiger partial charge on any atom is 0.410 e. The molecule has 152 valence electrons. The van der Waals surface area contributed by atoms with Crippen molar-refractivity contribution in [3.05, 3.63) is 23.8 Å². The van der Waals surface area contributed by atoms with Crippen LogP contribution < -0.4 is 4.74 Å². The van der Waals surface area contributed by atoms with Crippen LogP contribution in [0.5, 0.6) is 5.75 Å². The summed E-state index contributed by atoms with van der Waals surface area (Å²) in [4.78, 5) is 14.8. The Morgan fingerprint density at radius 1 is 1.30 bits per heavy atom. The second-order valence-electron chi connectivity index (χ2n) is 8.28. The van der Waals surface area contributed by atoms with E-state index in [1.54, 1.807) is 6.26 Å². The molecule has 0 saturated carbocycles. The third kappa shape index (κ3) is 7.26. The Hall–Kier alpha value is -1.40. The molecule has 5 nitrogen and oxygen atoms in total. The van der Waals surface area contributed by atoms with Gasteiger partial charge in [0, 0.05) is 18.7 Å². The second kappa shape index (κ2) is 9.69. The van der Waals surface area contributed by atoms with Crippen molar-refractivity contribution in [3.8, 4) is 5.75 Å². The molecular weight excluding hydrogens is 362 g/mol. The van der Waals surface area contributed by atoms with Crippen LogP contribution in [0.15, 0.2) is 23.1 Å². The van der Waals surface area contributed by atoms with E-state index in [1.165, 1.54) is 0 Å². The highest BCUT2D eigenvalue weighted by atomic mass is 32.2. The molecule has 1 amide bonds. The lowest BCUT2D eigenvalue weighted by Crippen LogP contribution is -2.41. The molecule has 1 atom stereocenters. The van der Waals surface area contributed by atoms with E-state index in [0.717, 1.165) is 55.0 Å². The van der Waals surface area contributed by atoms with Gasteiger partial charge >= 0.3 is 6.09 Å². The van der Waals surface area contributed by atoms with Gasteiger partial charge in [-0.05, 0) is 88.7 Å². The topological polar surface area (TPSA) is 61.8 Å². The minimum atomic E-state index is -0.964. The van der Waals surface area contributed by atoms with Crippen molar-refractivity contribution in [3.63, 3.8) is 0 Å². The predicted molar refractivity (Wildman–Crippen MR) is 109 cm³/mol. The zero-order chi connectivity index (χ0) is 20.0. The Morgan fingerprint density at radius 3 is 2.52 bits per heavy atom. The first-order valence-electron chi connectivity index (χ1n) is 9.70. The fraction of sp³-hybridized carbons (Fsp3) is 0.667. The van der Waals surface area contributed by atoms with Gasteiger partial charge in [0.2, 0.25) is 0 Å². The Morgan fingerprint density at radius 2 is 1.96 bits per heavy atom. The molecule has 6 heteroatoms. The van der Waals surface area contributed by atoms with E-state index in [0.29, 0.717) is 12.5 Å². The van der Waals surface area contributed by atoms with Gasteiger partial charge in [-0.2, -0.15) is 0 Å². The molecule has 0 spiro atoms. The van der Waals surface area contributed by atoms with E-state index in [9.17, 15) is 9.35 Å². The summed E-state index contributed by atoms with van der Waals surface area (Å²) in [5, 5.41) is 0. The smallest absolute Gasteiger partial charge is 0.410 e. The number of likely N-dealkylation sites (tertiary alicyclic amines) is 1. The predicted octanol–water partition coefficient (Wildman–Crippen LogP) is 4.54. The van der Waals surface area contributed by atoms with Gasteiger partial charge in [-0.1, -0.05) is 0 Å². The number of aryl methyl sites for hydroxylation is 1. The van der Waals surface area contributed by atoms with E-state index in [1.807, 2.05) is 50.8 Å². The van der Waals surface area contributed by atoms with Gasteiger partial charge in [0.15, 0.2) is 4.90 Å². The van der Waals surface area contributed by atoms with Gasteiger partial charge in [0.25, 0.3) is 0 Å². The molecule has 1 aromatic rings. The lowest BCUT2D eigenvalue weighted by atomic mass is 9.92. The summed E-state index contributed by atoms with van der Waals surface area (Å²) in [5.74, 6) is 1.47. The van der Waals surface area contributed by atoms with Crippen LogP contribution in [0.2, 0.25) is 0 Å². The highest BCUT2D eigenvalue weighted by Gasteiger charge is 2.26. The molecule has 0 bridgehead atoms. The molecule has 1 saturated heterocycles. The standard InChI is InChI=1S/C21H33NO4S/c1-16-15-18(8-9-19(16)27(5)24)25-14-6-7-17-10-12-22(13-11-17)20(23)26-21(2,3)4/h8-9,15,17H,6-7,10-14H2,1-5H3. The van der Waals surface area contributed by atoms with Gasteiger partial charge in [-0.15, -0.1) is 0 Å². The van der Waals surface area contributed by atoms with Crippen molar-refractivity contribution in [2.45, 2.75) is 63.9 Å². The summed E-state index contributed by atoms with van der Waals surface area (Å²) >= 11 is -0.964. The first-order chi connectivity index (χ1) is 12.7. The first kappa shape index (κ1) is 21.9. The molecule has 1 heterocycles. The zero-order valence-corrected chi connectivity index (χ0v) is 18.1. The van der Waals surface area contributed by atoms with Crippen molar-refractivity contribution in [2.24, 2.45) is 5.92 Å². The number of hydrogen-bond donors (Lipinski definition) is 0. The van der Waals surface area contributed by atoms with Gasteiger partial charge < -0.3 is 18.9 Å². The summed E-state index contributed by atoms with van der Waals surface area (Å²) in [5.41, 5.74) is 0.566. The van der Waals surface area contributed by atoms with Crippen LogP contribution in [0.3, 0.4) is 0 Å². The fourth-order valence-electron chi connectivity index (χ4n) is 3.33. The quantitative estimate of drug-likeness (QED) is 0.524. The molecule has 0 aliphatic carbocycles. The molecule has 0 N–H and O–H groups in total. The van der Waals surface area contributed by atoms with Crippen LogP contribution in [0, 0.1) is 12.8 Å². The third-order valence-electron chi connectivity index (χ3n) is 4.75. The number of hydrogen-bond acceptors (Lipinski definition) is 4. The van der Waals surface area contributed by atoms with E-state index in [2.05, 4.69) is 0 Å². The largest absolute Gasteiger partial charge is 0.612 e. The third-order valence-corrected chi connectivity index (χ3v) is 5.83. The average Bonchev–Trinajstić information content (AvgIpc) is 2.57. The minimum Gasteiger partial charge on any atom is -0.612 e. The first-order valence-corrected chi connectivity index (χ1v) is 11.3.